The first-order chi connectivity index (χ1) is 17.0. The normalized spacial score (nSPS) is 16.2. The van der Waals surface area contributed by atoms with Gasteiger partial charge in [-0.3, -0.25) is 10.2 Å². The number of nitrogens with two attached hydrogens (primary N) is 1. The van der Waals surface area contributed by atoms with Crippen LogP contribution in [0.15, 0.2) is 77.9 Å². The van der Waals surface area contributed by atoms with E-state index in [1.807, 2.05) is 54.5 Å². The van der Waals surface area contributed by atoms with Crippen LogP contribution in [-0.4, -0.2) is 37.4 Å². The Morgan fingerprint density at radius 1 is 1.06 bits per heavy atom. The number of amidine groups is 1. The number of piperidine rings is 1. The van der Waals surface area contributed by atoms with Gasteiger partial charge in [0, 0.05) is 43.6 Å². The number of hydrogen-bond donors (Lipinski definition) is 2. The fraction of sp³-hybridized carbons (Fsp3) is 0.310. The molecule has 6 heteroatoms. The van der Waals surface area contributed by atoms with Crippen LogP contribution < -0.4 is 10.6 Å². The van der Waals surface area contributed by atoms with Gasteiger partial charge in [0.2, 0.25) is 0 Å². The Balaban J connectivity index is 1.26. The summed E-state index contributed by atoms with van der Waals surface area (Å²) in [6, 6.07) is 18.2. The van der Waals surface area contributed by atoms with E-state index in [1.54, 1.807) is 6.08 Å². The first-order valence-electron chi connectivity index (χ1n) is 12.1. The molecule has 0 unspecified atom stereocenters. The van der Waals surface area contributed by atoms with Gasteiger partial charge >= 0.3 is 5.97 Å². The summed E-state index contributed by atoms with van der Waals surface area (Å²) in [4.78, 5) is 26.1. The van der Waals surface area contributed by atoms with Crippen molar-refractivity contribution < 1.29 is 14.3 Å². The Hall–Kier alpha value is -3.89. The van der Waals surface area contributed by atoms with Crippen molar-refractivity contribution >= 4 is 29.0 Å². The van der Waals surface area contributed by atoms with Gasteiger partial charge < -0.3 is 15.4 Å². The molecule has 1 saturated heterocycles. The Bertz CT molecular complexity index is 1170. The predicted octanol–water partition coefficient (Wildman–Crippen LogP) is 4.49. The van der Waals surface area contributed by atoms with Crippen LogP contribution in [0.4, 0.5) is 5.69 Å². The lowest BCUT2D eigenvalue weighted by atomic mass is 9.88. The third kappa shape index (κ3) is 6.37. The molecule has 2 aromatic carbocycles. The van der Waals surface area contributed by atoms with Crippen LogP contribution >= 0.6 is 0 Å². The van der Waals surface area contributed by atoms with Gasteiger partial charge in [0.1, 0.15) is 11.8 Å². The van der Waals surface area contributed by atoms with Crippen molar-refractivity contribution in [3.63, 3.8) is 0 Å². The summed E-state index contributed by atoms with van der Waals surface area (Å²) in [6.45, 7) is 2.22. The molecule has 180 valence electrons. The molecule has 3 N–H and O–H groups in total. The molecule has 1 aliphatic heterocycles. The Labute approximate surface area is 206 Å². The van der Waals surface area contributed by atoms with Gasteiger partial charge in [-0.2, -0.15) is 0 Å². The van der Waals surface area contributed by atoms with E-state index < -0.39 is 0 Å². The minimum absolute atomic E-state index is 0.0211. The summed E-state index contributed by atoms with van der Waals surface area (Å²) in [5.74, 6) is 2.24. The number of benzene rings is 2. The Kier molecular flexibility index (Phi) is 7.96. The minimum atomic E-state index is -0.106. The van der Waals surface area contributed by atoms with E-state index in [1.165, 1.54) is 5.56 Å². The predicted molar refractivity (Wildman–Crippen MR) is 139 cm³/mol. The minimum Gasteiger partial charge on any atom is -0.465 e. The highest BCUT2D eigenvalue weighted by Crippen LogP contribution is 2.32. The highest BCUT2D eigenvalue weighted by Gasteiger charge is 2.23. The number of nitrogens with one attached hydrogen (secondary N) is 1. The van der Waals surface area contributed by atoms with Crippen molar-refractivity contribution in [3.05, 3.63) is 89.0 Å². The summed E-state index contributed by atoms with van der Waals surface area (Å²) in [6.07, 6.45) is 7.09. The molecule has 0 atom stereocenters. The summed E-state index contributed by atoms with van der Waals surface area (Å²) in [5, 5.41) is 7.59. The van der Waals surface area contributed by atoms with Gasteiger partial charge in [-0.1, -0.05) is 54.6 Å². The number of esters is 1. The smallest absolute Gasteiger partial charge is 0.306 e. The monoisotopic (exact) mass is 469 g/mol. The highest BCUT2D eigenvalue weighted by atomic mass is 16.5. The van der Waals surface area contributed by atoms with Gasteiger partial charge in [-0.15, -0.1) is 0 Å². The van der Waals surface area contributed by atoms with Crippen molar-refractivity contribution in [1.82, 2.24) is 0 Å². The molecule has 0 aromatic heterocycles. The van der Waals surface area contributed by atoms with E-state index in [0.29, 0.717) is 36.5 Å². The number of ether oxygens (including phenoxy) is 1. The maximum absolute atomic E-state index is 12.3. The summed E-state index contributed by atoms with van der Waals surface area (Å²) >= 11 is 0. The standard InChI is InChI=1S/C29H31N3O3/c30-29(31)24-8-11-27(25(19-24)20-33)23-6-9-26(10-7-23)32-15-12-22(13-16-32)18-28(34)35-17-14-21-4-2-1-3-5-21/h1-11,22H,12-19H2,(H3,30,31). The molecule has 1 aliphatic carbocycles. The van der Waals surface area contributed by atoms with Crippen LogP contribution in [0.25, 0.3) is 5.57 Å². The Morgan fingerprint density at radius 3 is 2.43 bits per heavy atom. The van der Waals surface area contributed by atoms with Crippen LogP contribution in [-0.2, 0) is 20.7 Å². The molecule has 0 saturated carbocycles. The maximum atomic E-state index is 12.3. The lowest BCUT2D eigenvalue weighted by molar-refractivity contribution is -0.144. The van der Waals surface area contributed by atoms with E-state index in [9.17, 15) is 9.59 Å². The summed E-state index contributed by atoms with van der Waals surface area (Å²) in [5.41, 5.74) is 10.8. The molecule has 2 aliphatic rings. The maximum Gasteiger partial charge on any atom is 0.306 e. The molecular formula is C29H31N3O3. The molecule has 0 bridgehead atoms. The zero-order chi connectivity index (χ0) is 24.6. The number of anilines is 1. The van der Waals surface area contributed by atoms with E-state index in [2.05, 4.69) is 17.0 Å². The largest absolute Gasteiger partial charge is 0.465 e. The van der Waals surface area contributed by atoms with Crippen molar-refractivity contribution in [2.24, 2.45) is 11.7 Å². The summed E-state index contributed by atoms with van der Waals surface area (Å²) in [7, 11) is 0. The molecule has 4 rings (SSSR count). The number of rotatable bonds is 8. The molecule has 0 amide bonds. The average molecular weight is 470 g/mol. The van der Waals surface area contributed by atoms with Crippen LogP contribution in [0, 0.1) is 11.3 Å². The van der Waals surface area contributed by atoms with Gasteiger partial charge in [0.25, 0.3) is 0 Å². The molecule has 0 radical (unpaired) electrons. The number of hydrogen-bond acceptors (Lipinski definition) is 5. The second-order valence-corrected chi connectivity index (χ2v) is 9.08. The fourth-order valence-electron chi connectivity index (χ4n) is 4.64. The van der Waals surface area contributed by atoms with Crippen molar-refractivity contribution in [3.8, 4) is 0 Å². The molecule has 0 spiro atoms. The third-order valence-electron chi connectivity index (χ3n) is 6.72. The van der Waals surface area contributed by atoms with Crippen molar-refractivity contribution in [2.75, 3.05) is 24.6 Å². The topological polar surface area (TPSA) is 96.5 Å². The lowest BCUT2D eigenvalue weighted by Crippen LogP contribution is -2.34. The van der Waals surface area contributed by atoms with Crippen LogP contribution in [0.1, 0.15) is 36.8 Å². The molecule has 35 heavy (non-hydrogen) atoms. The lowest BCUT2D eigenvalue weighted by Gasteiger charge is -2.33. The Morgan fingerprint density at radius 2 is 1.77 bits per heavy atom. The van der Waals surface area contributed by atoms with E-state index in [4.69, 9.17) is 15.9 Å². The second-order valence-electron chi connectivity index (χ2n) is 9.08. The number of nitrogens with zero attached hydrogens (tertiary/aromatic N) is 1. The molecule has 1 heterocycles. The van der Waals surface area contributed by atoms with Gasteiger partial charge in [-0.05, 0) is 53.2 Å². The first kappa shape index (κ1) is 24.2. The SMILES string of the molecule is N=C(N)C1=CC=C(c2ccc(N3CCC(CC(=O)OCCc4ccccc4)CC3)cc2)C(=C=O)C1. The second kappa shape index (κ2) is 11.5. The van der Waals surface area contributed by atoms with Gasteiger partial charge in [-0.25, -0.2) is 4.79 Å². The molecule has 1 fully saturated rings. The van der Waals surface area contributed by atoms with Crippen molar-refractivity contribution in [1.29, 1.82) is 5.41 Å². The van der Waals surface area contributed by atoms with E-state index >= 15 is 0 Å². The number of allylic oxidation sites excluding steroid dienone is 4. The van der Waals surface area contributed by atoms with Gasteiger partial charge in [0.15, 0.2) is 0 Å². The fourth-order valence-corrected chi connectivity index (χ4v) is 4.64. The number of carbonyl (C=O) groups is 1. The zero-order valence-corrected chi connectivity index (χ0v) is 19.8. The highest BCUT2D eigenvalue weighted by molar-refractivity contribution is 6.00. The average Bonchev–Trinajstić information content (AvgIpc) is 2.89. The quantitative estimate of drug-likeness (QED) is 0.257. The molecule has 6 nitrogen and oxygen atoms in total. The third-order valence-corrected chi connectivity index (χ3v) is 6.72. The van der Waals surface area contributed by atoms with Crippen LogP contribution in [0.5, 0.6) is 0 Å². The molecule has 2 aromatic rings. The van der Waals surface area contributed by atoms with Crippen LogP contribution in [0.2, 0.25) is 0 Å². The molecular weight excluding hydrogens is 438 g/mol. The van der Waals surface area contributed by atoms with Gasteiger partial charge in [0.05, 0.1) is 6.61 Å². The first-order valence-corrected chi connectivity index (χ1v) is 12.1. The van der Waals surface area contributed by atoms with Crippen LogP contribution in [0.3, 0.4) is 0 Å². The van der Waals surface area contributed by atoms with E-state index in [-0.39, 0.29) is 11.8 Å². The summed E-state index contributed by atoms with van der Waals surface area (Å²) < 4.78 is 5.46. The number of carbonyl (C=O) groups excluding carboxylic acids is 2. The van der Waals surface area contributed by atoms with Crippen molar-refractivity contribution in [2.45, 2.75) is 32.1 Å². The zero-order valence-electron chi connectivity index (χ0n) is 19.8. The van der Waals surface area contributed by atoms with E-state index in [0.717, 1.165) is 49.2 Å².